The van der Waals surface area contributed by atoms with Crippen molar-refractivity contribution in [3.63, 3.8) is 0 Å². The van der Waals surface area contributed by atoms with Crippen molar-refractivity contribution in [2.24, 2.45) is 0 Å². The van der Waals surface area contributed by atoms with Crippen molar-refractivity contribution in [2.75, 3.05) is 11.1 Å². The van der Waals surface area contributed by atoms with Crippen LogP contribution in [0.3, 0.4) is 0 Å². The highest BCUT2D eigenvalue weighted by atomic mass is 35.5. The fourth-order valence-corrected chi connectivity index (χ4v) is 2.22. The first-order valence-electron chi connectivity index (χ1n) is 7.16. The van der Waals surface area contributed by atoms with E-state index in [9.17, 15) is 0 Å². The Bertz CT molecular complexity index is 610. The van der Waals surface area contributed by atoms with Crippen LogP contribution < -0.4 is 11.1 Å². The Morgan fingerprint density at radius 2 is 1.90 bits per heavy atom. The molecular formula is C16H21ClN4. The molecule has 0 amide bonds. The fourth-order valence-electron chi connectivity index (χ4n) is 2.10. The molecule has 21 heavy (non-hydrogen) atoms. The Hall–Kier alpha value is -1.81. The van der Waals surface area contributed by atoms with E-state index in [0.29, 0.717) is 5.82 Å². The van der Waals surface area contributed by atoms with Crippen LogP contribution in [0.4, 0.5) is 11.6 Å². The highest BCUT2D eigenvalue weighted by Crippen LogP contribution is 2.24. The van der Waals surface area contributed by atoms with Crippen molar-refractivity contribution < 1.29 is 0 Å². The van der Waals surface area contributed by atoms with Crippen LogP contribution in [0.2, 0.25) is 5.02 Å². The average molecular weight is 305 g/mol. The molecule has 4 nitrogen and oxygen atoms in total. The normalized spacial score (nSPS) is 12.2. The maximum atomic E-state index is 5.98. The van der Waals surface area contributed by atoms with Crippen LogP contribution in [-0.4, -0.2) is 9.97 Å². The molecule has 0 bridgehead atoms. The Balaban J connectivity index is 2.23. The molecule has 1 aromatic heterocycles. The molecule has 2 rings (SSSR count). The third-order valence-corrected chi connectivity index (χ3v) is 3.68. The number of benzene rings is 1. The first-order chi connectivity index (χ1) is 10.0. The van der Waals surface area contributed by atoms with Gasteiger partial charge in [0.1, 0.15) is 17.5 Å². The van der Waals surface area contributed by atoms with E-state index in [1.807, 2.05) is 31.2 Å². The highest BCUT2D eigenvalue weighted by Gasteiger charge is 2.12. The Morgan fingerprint density at radius 1 is 1.24 bits per heavy atom. The molecule has 1 heterocycles. The molecule has 0 fully saturated rings. The lowest BCUT2D eigenvalue weighted by Crippen LogP contribution is -2.13. The van der Waals surface area contributed by atoms with Crippen molar-refractivity contribution in [1.29, 1.82) is 0 Å². The van der Waals surface area contributed by atoms with E-state index < -0.39 is 0 Å². The lowest BCUT2D eigenvalue weighted by Gasteiger charge is -2.18. The van der Waals surface area contributed by atoms with E-state index in [1.165, 1.54) is 0 Å². The lowest BCUT2D eigenvalue weighted by molar-refractivity contribution is 0.817. The standard InChI is InChI=1S/C16H21ClN4/c1-4-5-14-20-15(18)10(2)16(21-14)19-11(3)12-6-8-13(17)9-7-12/h6-9,11H,4-5H2,1-3H3,(H3,18,19,20,21). The van der Waals surface area contributed by atoms with Crippen molar-refractivity contribution in [2.45, 2.75) is 39.7 Å². The van der Waals surface area contributed by atoms with Gasteiger partial charge in [-0.25, -0.2) is 9.97 Å². The van der Waals surface area contributed by atoms with Gasteiger partial charge in [-0.15, -0.1) is 0 Å². The molecule has 0 aliphatic rings. The SMILES string of the molecule is CCCc1nc(N)c(C)c(NC(C)c2ccc(Cl)cc2)n1. The zero-order valence-electron chi connectivity index (χ0n) is 12.7. The van der Waals surface area contributed by atoms with Gasteiger partial charge in [0.25, 0.3) is 0 Å². The van der Waals surface area contributed by atoms with Gasteiger partial charge in [0, 0.05) is 23.0 Å². The van der Waals surface area contributed by atoms with Crippen molar-refractivity contribution in [3.05, 3.63) is 46.2 Å². The predicted octanol–water partition coefficient (Wildman–Crippen LogP) is 4.15. The summed E-state index contributed by atoms with van der Waals surface area (Å²) in [6, 6.07) is 7.90. The smallest absolute Gasteiger partial charge is 0.135 e. The summed E-state index contributed by atoms with van der Waals surface area (Å²) in [6.45, 7) is 6.12. The van der Waals surface area contributed by atoms with Crippen LogP contribution in [0.25, 0.3) is 0 Å². The maximum Gasteiger partial charge on any atom is 0.135 e. The summed E-state index contributed by atoms with van der Waals surface area (Å²) in [6.07, 6.45) is 1.82. The van der Waals surface area contributed by atoms with E-state index in [-0.39, 0.29) is 6.04 Å². The van der Waals surface area contributed by atoms with Gasteiger partial charge in [0.05, 0.1) is 0 Å². The minimum absolute atomic E-state index is 0.116. The van der Waals surface area contributed by atoms with Crippen LogP contribution in [0.5, 0.6) is 0 Å². The number of hydrogen-bond acceptors (Lipinski definition) is 4. The quantitative estimate of drug-likeness (QED) is 0.871. The second kappa shape index (κ2) is 6.76. The van der Waals surface area contributed by atoms with Crippen LogP contribution >= 0.6 is 11.6 Å². The monoisotopic (exact) mass is 304 g/mol. The highest BCUT2D eigenvalue weighted by molar-refractivity contribution is 6.30. The van der Waals surface area contributed by atoms with Gasteiger partial charge < -0.3 is 11.1 Å². The van der Waals surface area contributed by atoms with Crippen molar-refractivity contribution >= 4 is 23.2 Å². The number of nitrogens with two attached hydrogens (primary N) is 1. The van der Waals surface area contributed by atoms with Crippen molar-refractivity contribution in [3.8, 4) is 0 Å². The molecule has 1 unspecified atom stereocenters. The summed E-state index contributed by atoms with van der Waals surface area (Å²) in [5.41, 5.74) is 8.01. The van der Waals surface area contributed by atoms with Gasteiger partial charge in [0.2, 0.25) is 0 Å². The Kier molecular flexibility index (Phi) is 5.02. The number of halogens is 1. The number of aryl methyl sites for hydroxylation is 1. The van der Waals surface area contributed by atoms with Crippen LogP contribution in [-0.2, 0) is 6.42 Å². The number of nitrogen functional groups attached to an aromatic ring is 1. The van der Waals surface area contributed by atoms with E-state index in [0.717, 1.165) is 40.6 Å². The van der Waals surface area contributed by atoms with Gasteiger partial charge in [-0.3, -0.25) is 0 Å². The Morgan fingerprint density at radius 3 is 2.52 bits per heavy atom. The predicted molar refractivity (Wildman–Crippen MR) is 88.7 cm³/mol. The van der Waals surface area contributed by atoms with E-state index in [1.54, 1.807) is 0 Å². The Labute approximate surface area is 130 Å². The molecule has 112 valence electrons. The summed E-state index contributed by atoms with van der Waals surface area (Å²) in [5.74, 6) is 2.12. The fraction of sp³-hybridized carbons (Fsp3) is 0.375. The molecule has 0 aliphatic carbocycles. The van der Waals surface area contributed by atoms with Gasteiger partial charge >= 0.3 is 0 Å². The largest absolute Gasteiger partial charge is 0.383 e. The zero-order chi connectivity index (χ0) is 15.4. The number of anilines is 2. The topological polar surface area (TPSA) is 63.8 Å². The maximum absolute atomic E-state index is 5.98. The summed E-state index contributed by atoms with van der Waals surface area (Å²) in [7, 11) is 0. The summed E-state index contributed by atoms with van der Waals surface area (Å²) < 4.78 is 0. The molecule has 0 spiro atoms. The number of rotatable bonds is 5. The molecular weight excluding hydrogens is 284 g/mol. The molecule has 3 N–H and O–H groups in total. The van der Waals surface area contributed by atoms with Gasteiger partial charge in [-0.05, 0) is 38.0 Å². The first-order valence-corrected chi connectivity index (χ1v) is 7.54. The molecule has 2 aromatic rings. The summed E-state index contributed by atoms with van der Waals surface area (Å²) in [4.78, 5) is 8.90. The van der Waals surface area contributed by atoms with E-state index >= 15 is 0 Å². The summed E-state index contributed by atoms with van der Waals surface area (Å²) >= 11 is 5.92. The zero-order valence-corrected chi connectivity index (χ0v) is 13.4. The van der Waals surface area contributed by atoms with Crippen LogP contribution in [0.1, 0.15) is 43.3 Å². The van der Waals surface area contributed by atoms with Gasteiger partial charge in [-0.2, -0.15) is 0 Å². The number of hydrogen-bond donors (Lipinski definition) is 2. The minimum atomic E-state index is 0.116. The molecule has 0 radical (unpaired) electrons. The third-order valence-electron chi connectivity index (χ3n) is 3.43. The van der Waals surface area contributed by atoms with Gasteiger partial charge in [0.15, 0.2) is 0 Å². The number of nitrogens with zero attached hydrogens (tertiary/aromatic N) is 2. The average Bonchev–Trinajstić information content (AvgIpc) is 2.45. The minimum Gasteiger partial charge on any atom is -0.383 e. The molecule has 1 aromatic carbocycles. The molecule has 0 saturated heterocycles. The summed E-state index contributed by atoms with van der Waals surface area (Å²) in [5, 5.41) is 4.15. The van der Waals surface area contributed by atoms with E-state index in [4.69, 9.17) is 17.3 Å². The lowest BCUT2D eigenvalue weighted by atomic mass is 10.1. The van der Waals surface area contributed by atoms with E-state index in [2.05, 4.69) is 29.1 Å². The first kappa shape index (κ1) is 15.6. The third kappa shape index (κ3) is 3.85. The van der Waals surface area contributed by atoms with Crippen LogP contribution in [0, 0.1) is 6.92 Å². The van der Waals surface area contributed by atoms with Gasteiger partial charge in [-0.1, -0.05) is 30.7 Å². The van der Waals surface area contributed by atoms with Crippen LogP contribution in [0.15, 0.2) is 24.3 Å². The molecule has 0 saturated carbocycles. The second-order valence-corrected chi connectivity index (χ2v) is 5.60. The second-order valence-electron chi connectivity index (χ2n) is 5.17. The molecule has 0 aliphatic heterocycles. The number of aromatic nitrogens is 2. The number of nitrogens with one attached hydrogen (secondary N) is 1. The molecule has 5 heteroatoms. The van der Waals surface area contributed by atoms with Crippen molar-refractivity contribution in [1.82, 2.24) is 9.97 Å². The molecule has 1 atom stereocenters.